The van der Waals surface area contributed by atoms with Crippen molar-refractivity contribution < 1.29 is 4.79 Å². The summed E-state index contributed by atoms with van der Waals surface area (Å²) in [4.78, 5) is 14.0. The first-order valence-electron chi connectivity index (χ1n) is 6.22. The summed E-state index contributed by atoms with van der Waals surface area (Å²) in [6, 6.07) is 6.51. The molecule has 0 saturated carbocycles. The summed E-state index contributed by atoms with van der Waals surface area (Å²) in [5.74, 6) is 0.945. The summed E-state index contributed by atoms with van der Waals surface area (Å²) >= 11 is 6.05. The van der Waals surface area contributed by atoms with Crippen LogP contribution in [0.3, 0.4) is 0 Å². The van der Waals surface area contributed by atoms with Crippen LogP contribution in [0.2, 0.25) is 5.02 Å². The van der Waals surface area contributed by atoms with Gasteiger partial charge in [-0.25, -0.2) is 0 Å². The number of ketones is 1. The molecule has 2 heterocycles. The van der Waals surface area contributed by atoms with Crippen LogP contribution in [0, 0.1) is 5.92 Å². The van der Waals surface area contributed by atoms with Crippen molar-refractivity contribution in [1.29, 1.82) is 0 Å². The van der Waals surface area contributed by atoms with Gasteiger partial charge in [-0.1, -0.05) is 18.5 Å². The molecule has 0 N–H and O–H groups in total. The lowest BCUT2D eigenvalue weighted by Gasteiger charge is -2.45. The van der Waals surface area contributed by atoms with E-state index in [4.69, 9.17) is 11.6 Å². The van der Waals surface area contributed by atoms with Crippen LogP contribution >= 0.6 is 11.6 Å². The van der Waals surface area contributed by atoms with E-state index >= 15 is 0 Å². The molecule has 0 unspecified atom stereocenters. The molecule has 2 aliphatic rings. The van der Waals surface area contributed by atoms with Crippen molar-refractivity contribution in [2.45, 2.75) is 32.2 Å². The fourth-order valence-corrected chi connectivity index (χ4v) is 3.34. The number of hydrogen-bond donors (Lipinski definition) is 0. The number of nitrogens with zero attached hydrogens (tertiary/aromatic N) is 1. The minimum Gasteiger partial charge on any atom is -0.367 e. The Morgan fingerprint density at radius 2 is 2.18 bits per heavy atom. The minimum absolute atomic E-state index is 0.393. The number of carbonyl (C=O) groups is 1. The summed E-state index contributed by atoms with van der Waals surface area (Å²) in [5, 5.41) is 0.808. The first-order chi connectivity index (χ1) is 8.15. The number of piperidine rings is 1. The maximum Gasteiger partial charge on any atom is 0.136 e. The van der Waals surface area contributed by atoms with Gasteiger partial charge in [-0.3, -0.25) is 4.79 Å². The number of rotatable bonds is 0. The Morgan fingerprint density at radius 3 is 3.00 bits per heavy atom. The molecule has 90 valence electrons. The van der Waals surface area contributed by atoms with Gasteiger partial charge in [-0.2, -0.15) is 0 Å². The monoisotopic (exact) mass is 249 g/mol. The second kappa shape index (κ2) is 4.02. The van der Waals surface area contributed by atoms with Gasteiger partial charge in [0.25, 0.3) is 0 Å². The Bertz CT molecular complexity index is 471. The zero-order chi connectivity index (χ0) is 12.0. The van der Waals surface area contributed by atoms with Crippen LogP contribution in [0.5, 0.6) is 0 Å². The molecule has 1 aromatic carbocycles. The number of anilines is 1. The quantitative estimate of drug-likeness (QED) is 0.704. The van der Waals surface area contributed by atoms with Gasteiger partial charge in [0, 0.05) is 36.1 Å². The molecule has 1 fully saturated rings. The first-order valence-corrected chi connectivity index (χ1v) is 6.59. The zero-order valence-corrected chi connectivity index (χ0v) is 10.7. The normalized spacial score (nSPS) is 27.6. The maximum atomic E-state index is 11.6. The van der Waals surface area contributed by atoms with E-state index in [2.05, 4.69) is 24.0 Å². The molecule has 2 nitrogen and oxygen atoms in total. The molecule has 0 aliphatic carbocycles. The number of hydrogen-bond acceptors (Lipinski definition) is 2. The SMILES string of the molecule is C[C@H]1Cc2cc(Cl)ccc2N2CCC(=O)C[C@H]12. The molecule has 1 aromatic rings. The van der Waals surface area contributed by atoms with Crippen molar-refractivity contribution in [3.8, 4) is 0 Å². The summed E-state index contributed by atoms with van der Waals surface area (Å²) < 4.78 is 0. The van der Waals surface area contributed by atoms with Crippen molar-refractivity contribution in [2.75, 3.05) is 11.4 Å². The minimum atomic E-state index is 0.393. The molecule has 1 saturated heterocycles. The average molecular weight is 250 g/mol. The summed E-state index contributed by atoms with van der Waals surface area (Å²) in [7, 11) is 0. The van der Waals surface area contributed by atoms with Crippen LogP contribution in [0.25, 0.3) is 0 Å². The Labute approximate surface area is 107 Å². The van der Waals surface area contributed by atoms with Crippen LogP contribution < -0.4 is 4.90 Å². The highest BCUT2D eigenvalue weighted by Crippen LogP contribution is 2.38. The van der Waals surface area contributed by atoms with E-state index in [0.717, 1.165) is 18.0 Å². The van der Waals surface area contributed by atoms with Crippen LogP contribution in [0.1, 0.15) is 25.3 Å². The van der Waals surface area contributed by atoms with Gasteiger partial charge in [0.1, 0.15) is 5.78 Å². The third-order valence-corrected chi connectivity index (χ3v) is 4.25. The number of Topliss-reactive ketones (excluding diaryl/α,β-unsaturated/α-hetero) is 1. The predicted octanol–water partition coefficient (Wildman–Crippen LogP) is 3.07. The topological polar surface area (TPSA) is 20.3 Å². The van der Waals surface area contributed by atoms with Gasteiger partial charge < -0.3 is 4.90 Å². The van der Waals surface area contributed by atoms with E-state index in [1.807, 2.05) is 6.07 Å². The van der Waals surface area contributed by atoms with Gasteiger partial charge in [0.15, 0.2) is 0 Å². The van der Waals surface area contributed by atoms with E-state index in [0.29, 0.717) is 30.6 Å². The lowest BCUT2D eigenvalue weighted by atomic mass is 9.82. The van der Waals surface area contributed by atoms with E-state index in [9.17, 15) is 4.79 Å². The Hall–Kier alpha value is -1.02. The second-order valence-electron chi connectivity index (χ2n) is 5.21. The number of benzene rings is 1. The predicted molar refractivity (Wildman–Crippen MR) is 69.7 cm³/mol. The van der Waals surface area contributed by atoms with Gasteiger partial charge in [0.2, 0.25) is 0 Å². The largest absolute Gasteiger partial charge is 0.367 e. The van der Waals surface area contributed by atoms with Gasteiger partial charge in [-0.05, 0) is 36.1 Å². The molecular weight excluding hydrogens is 234 g/mol. The van der Waals surface area contributed by atoms with Gasteiger partial charge in [0.05, 0.1) is 0 Å². The highest BCUT2D eigenvalue weighted by atomic mass is 35.5. The molecule has 0 spiro atoms. The first kappa shape index (κ1) is 11.1. The summed E-state index contributed by atoms with van der Waals surface area (Å²) in [6.45, 7) is 3.10. The zero-order valence-electron chi connectivity index (χ0n) is 9.95. The molecule has 0 radical (unpaired) electrons. The molecule has 2 atom stereocenters. The van der Waals surface area contributed by atoms with Crippen LogP contribution in [0.15, 0.2) is 18.2 Å². The summed E-state index contributed by atoms with van der Waals surface area (Å²) in [6.07, 6.45) is 2.43. The second-order valence-corrected chi connectivity index (χ2v) is 5.64. The van der Waals surface area contributed by atoms with Gasteiger partial charge >= 0.3 is 0 Å². The smallest absolute Gasteiger partial charge is 0.136 e. The maximum absolute atomic E-state index is 11.6. The van der Waals surface area contributed by atoms with E-state index < -0.39 is 0 Å². The summed E-state index contributed by atoms with van der Waals surface area (Å²) in [5.41, 5.74) is 2.61. The van der Waals surface area contributed by atoms with Crippen LogP contribution in [0.4, 0.5) is 5.69 Å². The molecule has 0 bridgehead atoms. The molecule has 0 aromatic heterocycles. The van der Waals surface area contributed by atoms with Crippen molar-refractivity contribution in [3.05, 3.63) is 28.8 Å². The fourth-order valence-electron chi connectivity index (χ4n) is 3.14. The molecular formula is C14H16ClNO. The van der Waals surface area contributed by atoms with Crippen molar-refractivity contribution >= 4 is 23.1 Å². The van der Waals surface area contributed by atoms with Crippen LogP contribution in [-0.2, 0) is 11.2 Å². The van der Waals surface area contributed by atoms with Crippen LogP contribution in [-0.4, -0.2) is 18.4 Å². The number of halogens is 1. The third-order valence-electron chi connectivity index (χ3n) is 4.02. The highest BCUT2D eigenvalue weighted by molar-refractivity contribution is 6.30. The lowest BCUT2D eigenvalue weighted by molar-refractivity contribution is -0.120. The molecule has 3 heteroatoms. The van der Waals surface area contributed by atoms with Gasteiger partial charge in [-0.15, -0.1) is 0 Å². The molecule has 17 heavy (non-hydrogen) atoms. The number of fused-ring (bicyclic) bond motifs is 3. The standard InChI is InChI=1S/C14H16ClNO/c1-9-6-10-7-11(15)2-3-13(10)16-5-4-12(17)8-14(9)16/h2-3,7,9,14H,4-6,8H2,1H3/t9-,14+/m0/s1. The highest BCUT2D eigenvalue weighted by Gasteiger charge is 2.35. The Morgan fingerprint density at radius 1 is 1.35 bits per heavy atom. The average Bonchev–Trinajstić information content (AvgIpc) is 2.29. The van der Waals surface area contributed by atoms with E-state index in [1.165, 1.54) is 11.3 Å². The molecule has 2 aliphatic heterocycles. The molecule has 0 amide bonds. The fraction of sp³-hybridized carbons (Fsp3) is 0.500. The van der Waals surface area contributed by atoms with Crippen molar-refractivity contribution in [3.63, 3.8) is 0 Å². The lowest BCUT2D eigenvalue weighted by Crippen LogP contribution is -2.49. The number of carbonyl (C=O) groups excluding carboxylic acids is 1. The van der Waals surface area contributed by atoms with Crippen molar-refractivity contribution in [2.24, 2.45) is 5.92 Å². The molecule has 3 rings (SSSR count). The van der Waals surface area contributed by atoms with Crippen molar-refractivity contribution in [1.82, 2.24) is 0 Å². The third kappa shape index (κ3) is 1.85. The Kier molecular flexibility index (Phi) is 2.62. The van der Waals surface area contributed by atoms with E-state index in [-0.39, 0.29) is 0 Å². The Balaban J connectivity index is 2.02. The van der Waals surface area contributed by atoms with E-state index in [1.54, 1.807) is 0 Å².